The number of halogens is 1. The van der Waals surface area contributed by atoms with E-state index in [0.717, 1.165) is 12.2 Å². The molecule has 0 aliphatic heterocycles. The van der Waals surface area contributed by atoms with Crippen molar-refractivity contribution in [1.82, 2.24) is 0 Å². The minimum Gasteiger partial charge on any atom is -0.503 e. The summed E-state index contributed by atoms with van der Waals surface area (Å²) in [5.74, 6) is -0.0905. The van der Waals surface area contributed by atoms with Crippen LogP contribution < -0.4 is 10.1 Å². The Morgan fingerprint density at radius 3 is 2.68 bits per heavy atom. The maximum absolute atomic E-state index is 14.4. The Hall–Kier alpha value is -3.02. The van der Waals surface area contributed by atoms with Gasteiger partial charge in [0.05, 0.1) is 20.5 Å². The van der Waals surface area contributed by atoms with E-state index in [-0.39, 0.29) is 17.9 Å². The standard InChI is InChI=1S/C22H24FNO4/c1-26-14-19(22(25)27-2)18-6-4-3-5-16(18)13-28-21-10-9-17(11-20(21)23)24-12-15-7-8-15/h3-6,9-11,14-15,24H,7-8,12-13H2,1-2H3/b19-14+. The minimum absolute atomic E-state index is 0.0972. The number of carbonyl (C=O) groups is 1. The molecule has 0 radical (unpaired) electrons. The smallest absolute Gasteiger partial charge is 0.341 e. The van der Waals surface area contributed by atoms with E-state index >= 15 is 0 Å². The fraction of sp³-hybridized carbons (Fsp3) is 0.318. The highest BCUT2D eigenvalue weighted by molar-refractivity contribution is 6.16. The maximum atomic E-state index is 14.4. The lowest BCUT2D eigenvalue weighted by Gasteiger charge is -2.14. The van der Waals surface area contributed by atoms with Gasteiger partial charge in [-0.3, -0.25) is 0 Å². The first-order chi connectivity index (χ1) is 13.6. The van der Waals surface area contributed by atoms with Crippen LogP contribution in [0.5, 0.6) is 5.75 Å². The lowest BCUT2D eigenvalue weighted by molar-refractivity contribution is -0.133. The molecule has 1 saturated carbocycles. The molecule has 0 saturated heterocycles. The highest BCUT2D eigenvalue weighted by Gasteiger charge is 2.21. The van der Waals surface area contributed by atoms with Crippen molar-refractivity contribution in [2.45, 2.75) is 19.4 Å². The van der Waals surface area contributed by atoms with E-state index < -0.39 is 11.8 Å². The molecule has 2 aromatic rings. The number of methoxy groups -OCH3 is 2. The molecule has 3 rings (SSSR count). The van der Waals surface area contributed by atoms with Gasteiger partial charge in [0.2, 0.25) is 0 Å². The van der Waals surface area contributed by atoms with Crippen LogP contribution in [-0.4, -0.2) is 26.7 Å². The van der Waals surface area contributed by atoms with E-state index in [0.29, 0.717) is 17.0 Å². The molecule has 0 amide bonds. The first-order valence-electron chi connectivity index (χ1n) is 9.18. The van der Waals surface area contributed by atoms with E-state index in [1.165, 1.54) is 39.4 Å². The molecule has 1 aliphatic carbocycles. The van der Waals surface area contributed by atoms with Crippen molar-refractivity contribution in [3.05, 3.63) is 65.7 Å². The molecule has 0 heterocycles. The number of rotatable bonds is 9. The molecule has 6 heteroatoms. The monoisotopic (exact) mass is 385 g/mol. The topological polar surface area (TPSA) is 56.8 Å². The van der Waals surface area contributed by atoms with Gasteiger partial charge >= 0.3 is 5.97 Å². The van der Waals surface area contributed by atoms with Gasteiger partial charge in [-0.25, -0.2) is 9.18 Å². The Morgan fingerprint density at radius 1 is 1.21 bits per heavy atom. The summed E-state index contributed by atoms with van der Waals surface area (Å²) in [6.07, 6.45) is 3.80. The van der Waals surface area contributed by atoms with Crippen LogP contribution in [0.2, 0.25) is 0 Å². The molecular formula is C22H24FNO4. The molecule has 1 N–H and O–H groups in total. The largest absolute Gasteiger partial charge is 0.503 e. The molecule has 0 unspecified atom stereocenters. The fourth-order valence-electron chi connectivity index (χ4n) is 2.83. The maximum Gasteiger partial charge on any atom is 0.341 e. The third-order valence-corrected chi connectivity index (χ3v) is 4.56. The molecule has 5 nitrogen and oxygen atoms in total. The van der Waals surface area contributed by atoms with Crippen LogP contribution in [0.15, 0.2) is 48.7 Å². The second kappa shape index (κ2) is 9.26. The summed E-state index contributed by atoms with van der Waals surface area (Å²) in [7, 11) is 2.76. The molecule has 28 heavy (non-hydrogen) atoms. The van der Waals surface area contributed by atoms with Crippen molar-refractivity contribution in [2.24, 2.45) is 5.92 Å². The number of anilines is 1. The zero-order valence-electron chi connectivity index (χ0n) is 16.0. The number of ether oxygens (including phenoxy) is 3. The van der Waals surface area contributed by atoms with Crippen LogP contribution in [0.4, 0.5) is 10.1 Å². The van der Waals surface area contributed by atoms with Crippen molar-refractivity contribution in [1.29, 1.82) is 0 Å². The third kappa shape index (κ3) is 5.03. The number of hydrogen-bond donors (Lipinski definition) is 1. The van der Waals surface area contributed by atoms with Crippen LogP contribution >= 0.6 is 0 Å². The first-order valence-corrected chi connectivity index (χ1v) is 9.18. The number of hydrogen-bond acceptors (Lipinski definition) is 5. The molecule has 0 spiro atoms. The predicted octanol–water partition coefficient (Wildman–Crippen LogP) is 4.39. The highest BCUT2D eigenvalue weighted by atomic mass is 19.1. The summed E-state index contributed by atoms with van der Waals surface area (Å²) in [6.45, 7) is 0.967. The van der Waals surface area contributed by atoms with Gasteiger partial charge in [0, 0.05) is 18.3 Å². The van der Waals surface area contributed by atoms with Crippen LogP contribution in [0.25, 0.3) is 5.57 Å². The molecule has 2 aromatic carbocycles. The lowest BCUT2D eigenvalue weighted by Crippen LogP contribution is -2.08. The molecule has 0 atom stereocenters. The van der Waals surface area contributed by atoms with Gasteiger partial charge in [0.25, 0.3) is 0 Å². The molecule has 0 bridgehead atoms. The summed E-state index contributed by atoms with van der Waals surface area (Å²) in [6, 6.07) is 12.1. The number of nitrogens with one attached hydrogen (secondary N) is 1. The highest BCUT2D eigenvalue weighted by Crippen LogP contribution is 2.30. The summed E-state index contributed by atoms with van der Waals surface area (Å²) >= 11 is 0. The van der Waals surface area contributed by atoms with Crippen molar-refractivity contribution in [3.8, 4) is 5.75 Å². The fourth-order valence-corrected chi connectivity index (χ4v) is 2.83. The van der Waals surface area contributed by atoms with Gasteiger partial charge in [0.15, 0.2) is 11.6 Å². The summed E-state index contributed by atoms with van der Waals surface area (Å²) < 4.78 is 29.9. The normalized spacial score (nSPS) is 13.8. The van der Waals surface area contributed by atoms with Gasteiger partial charge in [-0.2, -0.15) is 0 Å². The van der Waals surface area contributed by atoms with Gasteiger partial charge in [0.1, 0.15) is 12.2 Å². The van der Waals surface area contributed by atoms with Gasteiger partial charge in [-0.15, -0.1) is 0 Å². The average molecular weight is 385 g/mol. The van der Waals surface area contributed by atoms with Crippen molar-refractivity contribution in [2.75, 3.05) is 26.1 Å². The van der Waals surface area contributed by atoms with Gasteiger partial charge < -0.3 is 19.5 Å². The minimum atomic E-state index is -0.522. The van der Waals surface area contributed by atoms with E-state index in [2.05, 4.69) is 5.32 Å². The quantitative estimate of drug-likeness (QED) is 0.394. The van der Waals surface area contributed by atoms with E-state index in [4.69, 9.17) is 14.2 Å². The Labute approximate surface area is 164 Å². The molecule has 1 aliphatic rings. The summed E-state index contributed by atoms with van der Waals surface area (Å²) in [5, 5.41) is 3.24. The summed E-state index contributed by atoms with van der Waals surface area (Å²) in [5.41, 5.74) is 2.34. The Balaban J connectivity index is 1.72. The Morgan fingerprint density at radius 2 is 2.00 bits per heavy atom. The third-order valence-electron chi connectivity index (χ3n) is 4.56. The van der Waals surface area contributed by atoms with Gasteiger partial charge in [-0.05, 0) is 42.0 Å². The van der Waals surface area contributed by atoms with E-state index in [9.17, 15) is 9.18 Å². The summed E-state index contributed by atoms with van der Waals surface area (Å²) in [4.78, 5) is 12.1. The zero-order valence-corrected chi connectivity index (χ0v) is 16.0. The van der Waals surface area contributed by atoms with E-state index in [1.54, 1.807) is 24.3 Å². The molecule has 0 aromatic heterocycles. The zero-order chi connectivity index (χ0) is 19.9. The van der Waals surface area contributed by atoms with Gasteiger partial charge in [-0.1, -0.05) is 24.3 Å². The molecular weight excluding hydrogens is 361 g/mol. The number of esters is 1. The Bertz CT molecular complexity index is 861. The molecule has 148 valence electrons. The van der Waals surface area contributed by atoms with Crippen molar-refractivity contribution >= 4 is 17.2 Å². The second-order valence-corrected chi connectivity index (χ2v) is 6.67. The van der Waals surface area contributed by atoms with E-state index in [1.807, 2.05) is 12.1 Å². The van der Waals surface area contributed by atoms with Crippen LogP contribution in [0.1, 0.15) is 24.0 Å². The second-order valence-electron chi connectivity index (χ2n) is 6.67. The predicted molar refractivity (Wildman–Crippen MR) is 105 cm³/mol. The lowest BCUT2D eigenvalue weighted by atomic mass is 10.0. The number of benzene rings is 2. The molecule has 1 fully saturated rings. The SMILES string of the molecule is CO/C=C(/C(=O)OC)c1ccccc1COc1ccc(NCC2CC2)cc1F. The van der Waals surface area contributed by atoms with Crippen molar-refractivity contribution < 1.29 is 23.4 Å². The first kappa shape index (κ1) is 19.7. The number of carbonyl (C=O) groups excluding carboxylic acids is 1. The Kier molecular flexibility index (Phi) is 6.53. The van der Waals surface area contributed by atoms with Crippen LogP contribution in [-0.2, 0) is 20.9 Å². The van der Waals surface area contributed by atoms with Crippen molar-refractivity contribution in [3.63, 3.8) is 0 Å². The van der Waals surface area contributed by atoms with Crippen LogP contribution in [0, 0.1) is 11.7 Å². The van der Waals surface area contributed by atoms with Crippen LogP contribution in [0.3, 0.4) is 0 Å². The average Bonchev–Trinajstić information content (AvgIpc) is 3.54.